The molecule has 2 atom stereocenters. The molecule has 0 saturated heterocycles. The zero-order valence-corrected chi connectivity index (χ0v) is 50.6. The van der Waals surface area contributed by atoms with Gasteiger partial charge < -0.3 is 33.3 Å². The van der Waals surface area contributed by atoms with Crippen LogP contribution in [0.1, 0.15) is 271 Å². The fraction of sp³-hybridized carbons (Fsp3) is 0.750. The van der Waals surface area contributed by atoms with Crippen molar-refractivity contribution in [3.63, 3.8) is 0 Å². The van der Waals surface area contributed by atoms with Crippen LogP contribution in [0.2, 0.25) is 0 Å². The average Bonchev–Trinajstić information content (AvgIpc) is 3.40. The number of hydrogen-bond acceptors (Lipinski definition) is 8. The largest absolute Gasteiger partial charge is 0.545 e. The Bertz CT molecular complexity index is 1540. The topological polar surface area (TPSA) is 111 Å². The number of esters is 2. The first-order valence-corrected chi connectivity index (χ1v) is 31.7. The summed E-state index contributed by atoms with van der Waals surface area (Å²) in [7, 11) is 5.91. The van der Waals surface area contributed by atoms with Gasteiger partial charge in [0.25, 0.3) is 0 Å². The second-order valence-electron chi connectivity index (χ2n) is 22.3. The Hall–Kier alpha value is -3.53. The molecule has 0 N–H and O–H groups in total. The van der Waals surface area contributed by atoms with Crippen molar-refractivity contribution in [2.45, 2.75) is 283 Å². The molecule has 0 aliphatic rings. The molecule has 0 bridgehead atoms. The summed E-state index contributed by atoms with van der Waals surface area (Å²) in [4.78, 5) is 37.3. The van der Waals surface area contributed by atoms with Crippen LogP contribution >= 0.6 is 0 Å². The summed E-state index contributed by atoms with van der Waals surface area (Å²) in [6, 6.07) is 0. The minimum atomic E-state index is -1.64. The van der Waals surface area contributed by atoms with Crippen molar-refractivity contribution in [1.29, 1.82) is 0 Å². The lowest BCUT2D eigenvalue weighted by atomic mass is 10.0. The Kier molecular flexibility index (Phi) is 55.9. The average molecular weight is 1080 g/mol. The summed E-state index contributed by atoms with van der Waals surface area (Å²) in [6.07, 6.45) is 75.2. The molecule has 0 rings (SSSR count). The van der Waals surface area contributed by atoms with Crippen molar-refractivity contribution in [2.75, 3.05) is 47.5 Å². The first kappa shape index (κ1) is 73.5. The summed E-state index contributed by atoms with van der Waals surface area (Å²) < 4.78 is 22.7. The molecule has 0 heterocycles. The van der Waals surface area contributed by atoms with Crippen LogP contribution in [0.25, 0.3) is 0 Å². The summed E-state index contributed by atoms with van der Waals surface area (Å²) in [5.74, 6) is -2.34. The molecule has 0 aromatic heterocycles. The van der Waals surface area contributed by atoms with Gasteiger partial charge in [-0.2, -0.15) is 0 Å². The van der Waals surface area contributed by atoms with Crippen LogP contribution < -0.4 is 5.11 Å². The number of carbonyl (C=O) groups is 3. The number of rotatable bonds is 58. The van der Waals surface area contributed by atoms with Crippen LogP contribution in [0.5, 0.6) is 0 Å². The minimum absolute atomic E-state index is 0.136. The monoisotopic (exact) mass is 1080 g/mol. The van der Waals surface area contributed by atoms with Gasteiger partial charge in [-0.1, -0.05) is 253 Å². The molecule has 0 amide bonds. The van der Waals surface area contributed by atoms with Crippen molar-refractivity contribution in [3.05, 3.63) is 85.1 Å². The van der Waals surface area contributed by atoms with Crippen molar-refractivity contribution in [1.82, 2.24) is 0 Å². The van der Waals surface area contributed by atoms with Gasteiger partial charge in [0.05, 0.1) is 40.3 Å². The quantitative estimate of drug-likeness (QED) is 0.0195. The predicted molar refractivity (Wildman–Crippen MR) is 324 cm³/mol. The molecule has 9 nitrogen and oxygen atoms in total. The highest BCUT2D eigenvalue weighted by molar-refractivity contribution is 5.70. The number of hydrogen-bond donors (Lipinski definition) is 0. The van der Waals surface area contributed by atoms with Gasteiger partial charge in [-0.05, 0) is 89.9 Å². The van der Waals surface area contributed by atoms with Gasteiger partial charge in [0.2, 0.25) is 0 Å². The van der Waals surface area contributed by atoms with Crippen LogP contribution in [0.3, 0.4) is 0 Å². The number of nitrogens with zero attached hydrogens (tertiary/aromatic N) is 1. The number of aliphatic carboxylic acids is 1. The van der Waals surface area contributed by atoms with Crippen LogP contribution in [-0.2, 0) is 33.3 Å². The van der Waals surface area contributed by atoms with Gasteiger partial charge in [-0.15, -0.1) is 0 Å². The number of carboxylic acids is 1. The van der Waals surface area contributed by atoms with Crippen molar-refractivity contribution >= 4 is 17.9 Å². The number of allylic oxidation sites excluding steroid dienone is 14. The predicted octanol–water partition coefficient (Wildman–Crippen LogP) is 17.8. The van der Waals surface area contributed by atoms with E-state index in [2.05, 4.69) is 98.9 Å². The molecule has 0 fully saturated rings. The zero-order valence-electron chi connectivity index (χ0n) is 50.6. The van der Waals surface area contributed by atoms with E-state index in [1.807, 2.05) is 21.1 Å². The van der Waals surface area contributed by atoms with Gasteiger partial charge in [-0.25, -0.2) is 0 Å². The highest BCUT2D eigenvalue weighted by Gasteiger charge is 2.22. The molecule has 0 aromatic rings. The van der Waals surface area contributed by atoms with Crippen LogP contribution in [0.4, 0.5) is 0 Å². The number of unbranched alkanes of at least 4 members (excludes halogenated alkanes) is 29. The van der Waals surface area contributed by atoms with Gasteiger partial charge in [-0.3, -0.25) is 9.59 Å². The fourth-order valence-electron chi connectivity index (χ4n) is 8.77. The smallest absolute Gasteiger partial charge is 0.306 e. The third-order valence-corrected chi connectivity index (χ3v) is 13.6. The molecular formula is C68H119NO8. The molecule has 444 valence electrons. The van der Waals surface area contributed by atoms with Crippen molar-refractivity contribution in [3.8, 4) is 0 Å². The van der Waals surface area contributed by atoms with Crippen LogP contribution in [-0.4, -0.2) is 82.3 Å². The molecular weight excluding hydrogens is 959 g/mol. The lowest BCUT2D eigenvalue weighted by Gasteiger charge is -2.26. The Morgan fingerprint density at radius 1 is 0.403 bits per heavy atom. The van der Waals surface area contributed by atoms with Crippen LogP contribution in [0, 0.1) is 0 Å². The molecule has 0 aliphatic heterocycles. The second kappa shape index (κ2) is 58.6. The van der Waals surface area contributed by atoms with Crippen molar-refractivity contribution < 1.29 is 42.9 Å². The maximum atomic E-state index is 12.9. The maximum Gasteiger partial charge on any atom is 0.306 e. The molecule has 0 aromatic carbocycles. The van der Waals surface area contributed by atoms with E-state index >= 15 is 0 Å². The number of carboxylic acid groups (broad SMARTS) is 1. The normalized spacial score (nSPS) is 13.3. The fourth-order valence-corrected chi connectivity index (χ4v) is 8.77. The molecule has 2 unspecified atom stereocenters. The van der Waals surface area contributed by atoms with E-state index in [9.17, 15) is 19.5 Å². The van der Waals surface area contributed by atoms with E-state index in [-0.39, 0.29) is 38.6 Å². The summed E-state index contributed by atoms with van der Waals surface area (Å²) in [6.45, 7) is 4.60. The highest BCUT2D eigenvalue weighted by atomic mass is 16.7. The first-order valence-electron chi connectivity index (χ1n) is 31.7. The summed E-state index contributed by atoms with van der Waals surface area (Å²) in [5.41, 5.74) is 0. The number of quaternary nitrogens is 1. The number of carbonyl (C=O) groups excluding carboxylic acids is 3. The Balaban J connectivity index is 4.18. The summed E-state index contributed by atoms with van der Waals surface area (Å²) in [5, 5.41) is 11.8. The maximum absolute atomic E-state index is 12.9. The SMILES string of the molecule is CC/C=C\C/C=C\C/C=C\C/C=C\C/C=C\C/C=C\CCCCC(=O)OC(COC(=O)CCCCCCCCCCCCCCCCCCCCC/C=C\CCCCCCCCCC)COC(OCC[N+](C)(C)C)C(=O)[O-]. The molecule has 9 heteroatoms. The van der Waals surface area contributed by atoms with Crippen LogP contribution in [0.15, 0.2) is 85.1 Å². The van der Waals surface area contributed by atoms with Gasteiger partial charge in [0, 0.05) is 12.8 Å². The molecule has 0 spiro atoms. The van der Waals surface area contributed by atoms with Gasteiger partial charge in [0.1, 0.15) is 13.2 Å². The lowest BCUT2D eigenvalue weighted by Crippen LogP contribution is -2.44. The zero-order chi connectivity index (χ0) is 56.2. The summed E-state index contributed by atoms with van der Waals surface area (Å²) >= 11 is 0. The Morgan fingerprint density at radius 2 is 0.740 bits per heavy atom. The van der Waals surface area contributed by atoms with E-state index in [0.717, 1.165) is 70.6 Å². The minimum Gasteiger partial charge on any atom is -0.545 e. The van der Waals surface area contributed by atoms with E-state index < -0.39 is 24.3 Å². The standard InChI is InChI=1S/C68H119NO8/c1-6-8-10-12-14-16-18-20-22-24-26-28-29-30-31-32-33-34-35-36-37-39-40-42-44-46-48-50-52-54-56-58-65(70)75-62-64(63-76-68(67(72)73)74-61-60-69(3,4)5)77-66(71)59-57-55-53-51-49-47-45-43-41-38-27-25-23-21-19-17-15-13-11-9-7-2/h9,11,15,17,21,23-24,26-27,38,43,45,49,51,64,68H,6-8,10,12-14,16,18-20,22,25,28-37,39-42,44,46-48,50,52-63H2,1-5H3/b11-9-,17-15-,23-21-,26-24-,38-27-,45-43-,51-49-. The number of likely N-dealkylation sites (N-methyl/N-ethyl adjacent to an activating group) is 1. The number of ether oxygens (including phenoxy) is 4. The first-order chi connectivity index (χ1) is 37.6. The Labute approximate surface area is 474 Å². The third-order valence-electron chi connectivity index (χ3n) is 13.6. The van der Waals surface area contributed by atoms with E-state index in [1.54, 1.807) is 0 Å². The lowest BCUT2D eigenvalue weighted by molar-refractivity contribution is -0.870. The molecule has 0 radical (unpaired) electrons. The van der Waals surface area contributed by atoms with E-state index in [1.165, 1.54) is 167 Å². The highest BCUT2D eigenvalue weighted by Crippen LogP contribution is 2.17. The van der Waals surface area contributed by atoms with Gasteiger partial charge in [0.15, 0.2) is 12.4 Å². The molecule has 0 saturated carbocycles. The second-order valence-corrected chi connectivity index (χ2v) is 22.3. The van der Waals surface area contributed by atoms with Gasteiger partial charge >= 0.3 is 11.9 Å². The third kappa shape index (κ3) is 60.0. The van der Waals surface area contributed by atoms with Crippen molar-refractivity contribution in [2.24, 2.45) is 0 Å². The molecule has 77 heavy (non-hydrogen) atoms. The van der Waals surface area contributed by atoms with E-state index in [4.69, 9.17) is 18.9 Å². The van der Waals surface area contributed by atoms with E-state index in [0.29, 0.717) is 17.4 Å². The Morgan fingerprint density at radius 3 is 1.14 bits per heavy atom. The molecule has 0 aliphatic carbocycles.